The lowest BCUT2D eigenvalue weighted by Crippen LogP contribution is -2.36. The Labute approximate surface area is 139 Å². The fourth-order valence-corrected chi connectivity index (χ4v) is 3.24. The number of carbonyl (C=O) groups excluding carboxylic acids is 1. The fourth-order valence-electron chi connectivity index (χ4n) is 3.24. The molecule has 0 aliphatic heterocycles. The topological polar surface area (TPSA) is 50.7 Å². The summed E-state index contributed by atoms with van der Waals surface area (Å²) in [6, 6.07) is 9.68. The standard InChI is InChI=1S/C19H28N2O2/c1-14(2)17-10-9-15(3)11-18(17)23-13-19(22)21-20-12-16-7-5-4-6-8-16/h4-8,12,14-15,17-18H,9-11,13H2,1-3H3,(H,21,22)/t15-,17-,18+/m1/s1. The Morgan fingerprint density at radius 2 is 2.09 bits per heavy atom. The first-order valence-electron chi connectivity index (χ1n) is 8.54. The van der Waals surface area contributed by atoms with Crippen LogP contribution < -0.4 is 5.43 Å². The molecular formula is C19H28N2O2. The summed E-state index contributed by atoms with van der Waals surface area (Å²) in [5.74, 6) is 1.62. The number of hydrogen-bond donors (Lipinski definition) is 1. The number of rotatable bonds is 6. The molecule has 0 heterocycles. The van der Waals surface area contributed by atoms with Crippen LogP contribution in [0.4, 0.5) is 0 Å². The van der Waals surface area contributed by atoms with Gasteiger partial charge in [-0.15, -0.1) is 0 Å². The van der Waals surface area contributed by atoms with Crippen molar-refractivity contribution in [3.05, 3.63) is 35.9 Å². The lowest BCUT2D eigenvalue weighted by atomic mass is 9.75. The second-order valence-electron chi connectivity index (χ2n) is 6.88. The Morgan fingerprint density at radius 3 is 2.78 bits per heavy atom. The van der Waals surface area contributed by atoms with E-state index in [2.05, 4.69) is 31.3 Å². The third kappa shape index (κ3) is 5.79. The van der Waals surface area contributed by atoms with E-state index in [4.69, 9.17) is 4.74 Å². The zero-order valence-corrected chi connectivity index (χ0v) is 14.4. The average Bonchev–Trinajstić information content (AvgIpc) is 2.53. The fraction of sp³-hybridized carbons (Fsp3) is 0.579. The first-order valence-corrected chi connectivity index (χ1v) is 8.54. The molecule has 0 saturated heterocycles. The summed E-state index contributed by atoms with van der Waals surface area (Å²) < 4.78 is 5.91. The quantitative estimate of drug-likeness (QED) is 0.644. The van der Waals surface area contributed by atoms with Crippen molar-refractivity contribution in [1.29, 1.82) is 0 Å². The van der Waals surface area contributed by atoms with Crippen LogP contribution in [-0.2, 0) is 9.53 Å². The van der Waals surface area contributed by atoms with Gasteiger partial charge >= 0.3 is 0 Å². The molecule has 1 saturated carbocycles. The Bertz CT molecular complexity index is 513. The van der Waals surface area contributed by atoms with E-state index in [-0.39, 0.29) is 18.6 Å². The highest BCUT2D eigenvalue weighted by Crippen LogP contribution is 2.35. The maximum Gasteiger partial charge on any atom is 0.266 e. The lowest BCUT2D eigenvalue weighted by molar-refractivity contribution is -0.131. The van der Waals surface area contributed by atoms with Gasteiger partial charge in [-0.2, -0.15) is 5.10 Å². The van der Waals surface area contributed by atoms with Gasteiger partial charge in [0, 0.05) is 0 Å². The number of amides is 1. The second-order valence-corrected chi connectivity index (χ2v) is 6.88. The number of benzene rings is 1. The molecule has 2 rings (SSSR count). The summed E-state index contributed by atoms with van der Waals surface area (Å²) in [6.45, 7) is 6.81. The lowest BCUT2D eigenvalue weighted by Gasteiger charge is -2.36. The van der Waals surface area contributed by atoms with Crippen LogP contribution in [0, 0.1) is 17.8 Å². The summed E-state index contributed by atoms with van der Waals surface area (Å²) in [7, 11) is 0. The van der Waals surface area contributed by atoms with Crippen molar-refractivity contribution < 1.29 is 9.53 Å². The number of carbonyl (C=O) groups is 1. The number of nitrogens with zero attached hydrogens (tertiary/aromatic N) is 1. The first kappa shape index (κ1) is 17.7. The molecule has 4 heteroatoms. The monoisotopic (exact) mass is 316 g/mol. The van der Waals surface area contributed by atoms with Crippen molar-refractivity contribution in [2.75, 3.05) is 6.61 Å². The Kier molecular flexibility index (Phi) is 6.78. The number of hydrazone groups is 1. The maximum atomic E-state index is 11.9. The van der Waals surface area contributed by atoms with Crippen LogP contribution in [0.25, 0.3) is 0 Å². The molecule has 4 nitrogen and oxygen atoms in total. The second kappa shape index (κ2) is 8.82. The molecule has 23 heavy (non-hydrogen) atoms. The number of ether oxygens (including phenoxy) is 1. The van der Waals surface area contributed by atoms with Gasteiger partial charge in [0.15, 0.2) is 0 Å². The first-order chi connectivity index (χ1) is 11.1. The molecule has 126 valence electrons. The highest BCUT2D eigenvalue weighted by atomic mass is 16.5. The molecule has 1 amide bonds. The molecule has 1 N–H and O–H groups in total. The molecular weight excluding hydrogens is 288 g/mol. The SMILES string of the molecule is CC(C)[C@H]1CC[C@@H](C)C[C@@H]1OCC(=O)NN=Cc1ccccc1. The molecule has 0 aromatic heterocycles. The predicted octanol–water partition coefficient (Wildman–Crippen LogP) is 3.61. The van der Waals surface area contributed by atoms with Crippen molar-refractivity contribution in [1.82, 2.24) is 5.43 Å². The molecule has 1 aromatic rings. The van der Waals surface area contributed by atoms with Gasteiger partial charge in [-0.3, -0.25) is 4.79 Å². The minimum absolute atomic E-state index is 0.0761. The molecule has 1 aliphatic rings. The smallest absolute Gasteiger partial charge is 0.266 e. The van der Waals surface area contributed by atoms with E-state index in [9.17, 15) is 4.79 Å². The highest BCUT2D eigenvalue weighted by molar-refractivity contribution is 5.82. The van der Waals surface area contributed by atoms with Crippen molar-refractivity contribution in [2.45, 2.75) is 46.1 Å². The molecule has 1 aliphatic carbocycles. The van der Waals surface area contributed by atoms with E-state index in [1.807, 2.05) is 30.3 Å². The van der Waals surface area contributed by atoms with Crippen LogP contribution in [0.1, 0.15) is 45.6 Å². The maximum absolute atomic E-state index is 11.9. The van der Waals surface area contributed by atoms with Gasteiger partial charge in [0.1, 0.15) is 6.61 Å². The Morgan fingerprint density at radius 1 is 1.35 bits per heavy atom. The third-order valence-electron chi connectivity index (χ3n) is 4.59. The Balaban J connectivity index is 1.77. The minimum Gasteiger partial charge on any atom is -0.368 e. The largest absolute Gasteiger partial charge is 0.368 e. The molecule has 0 radical (unpaired) electrons. The summed E-state index contributed by atoms with van der Waals surface area (Å²) >= 11 is 0. The summed E-state index contributed by atoms with van der Waals surface area (Å²) in [5, 5.41) is 3.97. The van der Waals surface area contributed by atoms with Crippen LogP contribution in [0.3, 0.4) is 0 Å². The zero-order valence-electron chi connectivity index (χ0n) is 14.4. The number of nitrogens with one attached hydrogen (secondary N) is 1. The normalized spacial score (nSPS) is 25.0. The van der Waals surface area contributed by atoms with Crippen molar-refractivity contribution in [3.8, 4) is 0 Å². The van der Waals surface area contributed by atoms with Gasteiger partial charge in [0.2, 0.25) is 0 Å². The molecule has 0 unspecified atom stereocenters. The van der Waals surface area contributed by atoms with E-state index in [1.165, 1.54) is 12.8 Å². The minimum atomic E-state index is -0.196. The van der Waals surface area contributed by atoms with Gasteiger partial charge in [-0.1, -0.05) is 57.5 Å². The number of hydrogen-bond acceptors (Lipinski definition) is 3. The van der Waals surface area contributed by atoms with Gasteiger partial charge in [-0.05, 0) is 36.2 Å². The van der Waals surface area contributed by atoms with Crippen LogP contribution in [0.2, 0.25) is 0 Å². The molecule has 1 aromatic carbocycles. The van der Waals surface area contributed by atoms with Crippen molar-refractivity contribution in [3.63, 3.8) is 0 Å². The van der Waals surface area contributed by atoms with Gasteiger partial charge in [0.05, 0.1) is 12.3 Å². The predicted molar refractivity (Wildman–Crippen MR) is 93.3 cm³/mol. The third-order valence-corrected chi connectivity index (χ3v) is 4.59. The summed E-state index contributed by atoms with van der Waals surface area (Å²) in [4.78, 5) is 11.9. The van der Waals surface area contributed by atoms with Crippen LogP contribution in [0.15, 0.2) is 35.4 Å². The van der Waals surface area contributed by atoms with Gasteiger partial charge in [0.25, 0.3) is 5.91 Å². The van der Waals surface area contributed by atoms with Crippen LogP contribution in [-0.4, -0.2) is 24.8 Å². The highest BCUT2D eigenvalue weighted by Gasteiger charge is 2.31. The van der Waals surface area contributed by atoms with Crippen LogP contribution >= 0.6 is 0 Å². The van der Waals surface area contributed by atoms with E-state index < -0.39 is 0 Å². The molecule has 3 atom stereocenters. The average molecular weight is 316 g/mol. The summed E-state index contributed by atoms with van der Waals surface area (Å²) in [5.41, 5.74) is 3.48. The molecule has 0 bridgehead atoms. The summed E-state index contributed by atoms with van der Waals surface area (Å²) in [6.07, 6.45) is 5.32. The van der Waals surface area contributed by atoms with Crippen molar-refractivity contribution in [2.24, 2.45) is 22.9 Å². The zero-order chi connectivity index (χ0) is 16.7. The Hall–Kier alpha value is -1.68. The van der Waals surface area contributed by atoms with E-state index >= 15 is 0 Å². The molecule has 0 spiro atoms. The van der Waals surface area contributed by atoms with Crippen molar-refractivity contribution >= 4 is 12.1 Å². The van der Waals surface area contributed by atoms with Gasteiger partial charge in [-0.25, -0.2) is 5.43 Å². The molecule has 1 fully saturated rings. The van der Waals surface area contributed by atoms with E-state index in [0.717, 1.165) is 12.0 Å². The van der Waals surface area contributed by atoms with E-state index in [0.29, 0.717) is 17.8 Å². The van der Waals surface area contributed by atoms with E-state index in [1.54, 1.807) is 6.21 Å². The van der Waals surface area contributed by atoms with Crippen LogP contribution in [0.5, 0.6) is 0 Å². The van der Waals surface area contributed by atoms with Gasteiger partial charge < -0.3 is 4.74 Å².